The molecule has 0 bridgehead atoms. The van der Waals surface area contributed by atoms with Crippen LogP contribution in [-0.4, -0.2) is 14.8 Å². The summed E-state index contributed by atoms with van der Waals surface area (Å²) in [7, 11) is 0. The Morgan fingerprint density at radius 1 is 1.05 bits per heavy atom. The average molecular weight is 265 g/mol. The molecule has 0 aliphatic heterocycles. The van der Waals surface area contributed by atoms with Crippen LogP contribution >= 0.6 is 0 Å². The minimum Gasteiger partial charge on any atom is -0.265 e. The normalized spacial score (nSPS) is 11.1. The molecular weight excluding hydrogens is 246 g/mol. The molecule has 3 rings (SSSR count). The molecule has 0 saturated carbocycles. The van der Waals surface area contributed by atoms with E-state index in [1.165, 1.54) is 16.6 Å². The first-order valence-electron chi connectivity index (χ1n) is 7.20. The number of pyridine rings is 1. The first kappa shape index (κ1) is 12.9. The predicted molar refractivity (Wildman–Crippen MR) is 81.8 cm³/mol. The zero-order valence-corrected chi connectivity index (χ0v) is 12.0. The van der Waals surface area contributed by atoms with E-state index in [9.17, 15) is 0 Å². The van der Waals surface area contributed by atoms with E-state index in [1.807, 2.05) is 12.3 Å². The quantitative estimate of drug-likeness (QED) is 0.721. The maximum absolute atomic E-state index is 4.69. The zero-order chi connectivity index (χ0) is 13.9. The predicted octanol–water partition coefficient (Wildman–Crippen LogP) is 3.60. The molecule has 3 nitrogen and oxygen atoms in total. The molecule has 0 aliphatic carbocycles. The fourth-order valence-corrected chi connectivity index (χ4v) is 2.57. The second-order valence-electron chi connectivity index (χ2n) is 4.98. The molecule has 20 heavy (non-hydrogen) atoms. The smallest absolute Gasteiger partial charge is 0.0752 e. The lowest BCUT2D eigenvalue weighted by Gasteiger charge is -2.08. The van der Waals surface area contributed by atoms with Gasteiger partial charge in [-0.1, -0.05) is 38.1 Å². The maximum atomic E-state index is 4.69. The highest BCUT2D eigenvalue weighted by molar-refractivity contribution is 5.81. The van der Waals surface area contributed by atoms with E-state index in [4.69, 9.17) is 5.10 Å². The Bertz CT molecular complexity index is 723. The fraction of sp³-hybridized carbons (Fsp3) is 0.294. The highest BCUT2D eigenvalue weighted by atomic mass is 15.3. The lowest BCUT2D eigenvalue weighted by atomic mass is 10.1. The van der Waals surface area contributed by atoms with E-state index >= 15 is 0 Å². The Balaban J connectivity index is 2.03. The lowest BCUT2D eigenvalue weighted by molar-refractivity contribution is 0.642. The van der Waals surface area contributed by atoms with E-state index in [2.05, 4.69) is 53.8 Å². The largest absolute Gasteiger partial charge is 0.265 e. The van der Waals surface area contributed by atoms with E-state index in [0.29, 0.717) is 0 Å². The molecule has 0 fully saturated rings. The molecule has 0 unspecified atom stereocenters. The Morgan fingerprint density at radius 2 is 1.90 bits per heavy atom. The van der Waals surface area contributed by atoms with Gasteiger partial charge in [0.2, 0.25) is 0 Å². The Morgan fingerprint density at radius 3 is 2.70 bits per heavy atom. The topological polar surface area (TPSA) is 30.7 Å². The van der Waals surface area contributed by atoms with Crippen LogP contribution in [-0.2, 0) is 19.4 Å². The molecule has 102 valence electrons. The van der Waals surface area contributed by atoms with Crippen LogP contribution in [0, 0.1) is 0 Å². The summed E-state index contributed by atoms with van der Waals surface area (Å²) in [4.78, 5) is 4.52. The summed E-state index contributed by atoms with van der Waals surface area (Å²) >= 11 is 0. The minimum absolute atomic E-state index is 0.789. The summed E-state index contributed by atoms with van der Waals surface area (Å²) in [5, 5.41) is 5.88. The van der Waals surface area contributed by atoms with Crippen molar-refractivity contribution in [1.29, 1.82) is 0 Å². The van der Waals surface area contributed by atoms with Gasteiger partial charge in [0.05, 0.1) is 17.8 Å². The zero-order valence-electron chi connectivity index (χ0n) is 12.0. The third-order valence-corrected chi connectivity index (χ3v) is 3.67. The van der Waals surface area contributed by atoms with Gasteiger partial charge in [0.1, 0.15) is 0 Å². The van der Waals surface area contributed by atoms with Crippen LogP contribution in [0.1, 0.15) is 30.8 Å². The molecule has 0 N–H and O–H groups in total. The summed E-state index contributed by atoms with van der Waals surface area (Å²) in [6, 6.07) is 12.6. The number of fused-ring (bicyclic) bond motifs is 1. The minimum atomic E-state index is 0.789. The van der Waals surface area contributed by atoms with Crippen LogP contribution in [0.15, 0.2) is 42.6 Å². The molecular formula is C17H19N3. The van der Waals surface area contributed by atoms with Gasteiger partial charge in [0, 0.05) is 17.3 Å². The van der Waals surface area contributed by atoms with Gasteiger partial charge < -0.3 is 0 Å². The molecule has 0 spiro atoms. The van der Waals surface area contributed by atoms with Gasteiger partial charge in [0.15, 0.2) is 0 Å². The highest BCUT2D eigenvalue weighted by Crippen LogP contribution is 2.18. The summed E-state index contributed by atoms with van der Waals surface area (Å²) < 4.78 is 2.11. The van der Waals surface area contributed by atoms with Crippen molar-refractivity contribution >= 4 is 10.9 Å². The standard InChI is InChI=1S/C17H19N3/c1-3-15-11-16(4-2)20(19-15)12-14-8-5-7-13-9-6-10-18-17(13)14/h5-11H,3-4,12H2,1-2H3. The van der Waals surface area contributed by atoms with Crippen molar-refractivity contribution in [3.05, 3.63) is 59.5 Å². The Hall–Kier alpha value is -2.16. The number of aryl methyl sites for hydroxylation is 2. The molecule has 0 radical (unpaired) electrons. The molecule has 0 atom stereocenters. The molecule has 3 heteroatoms. The van der Waals surface area contributed by atoms with Crippen molar-refractivity contribution in [2.24, 2.45) is 0 Å². The van der Waals surface area contributed by atoms with Crippen LogP contribution in [0.4, 0.5) is 0 Å². The number of rotatable bonds is 4. The van der Waals surface area contributed by atoms with Crippen LogP contribution in [0.5, 0.6) is 0 Å². The monoisotopic (exact) mass is 265 g/mol. The third-order valence-electron chi connectivity index (χ3n) is 3.67. The molecule has 2 heterocycles. The highest BCUT2D eigenvalue weighted by Gasteiger charge is 2.08. The van der Waals surface area contributed by atoms with Crippen molar-refractivity contribution < 1.29 is 0 Å². The van der Waals surface area contributed by atoms with Gasteiger partial charge in [-0.2, -0.15) is 5.10 Å². The van der Waals surface area contributed by atoms with Crippen molar-refractivity contribution in [3.8, 4) is 0 Å². The molecule has 1 aromatic carbocycles. The van der Waals surface area contributed by atoms with Gasteiger partial charge in [-0.3, -0.25) is 9.67 Å². The van der Waals surface area contributed by atoms with Gasteiger partial charge in [0.25, 0.3) is 0 Å². The molecule has 0 saturated heterocycles. The third kappa shape index (κ3) is 2.31. The Kier molecular flexibility index (Phi) is 3.50. The van der Waals surface area contributed by atoms with Crippen LogP contribution in [0.25, 0.3) is 10.9 Å². The van der Waals surface area contributed by atoms with Crippen molar-refractivity contribution in [1.82, 2.24) is 14.8 Å². The number of benzene rings is 1. The van der Waals surface area contributed by atoms with Crippen LogP contribution < -0.4 is 0 Å². The summed E-state index contributed by atoms with van der Waals surface area (Å²) in [6.07, 6.45) is 3.84. The van der Waals surface area contributed by atoms with E-state index in [1.54, 1.807) is 0 Å². The van der Waals surface area contributed by atoms with Gasteiger partial charge in [-0.05, 0) is 30.5 Å². The molecule has 3 aromatic rings. The van der Waals surface area contributed by atoms with Crippen molar-refractivity contribution in [3.63, 3.8) is 0 Å². The Labute approximate surface area is 119 Å². The number of hydrogen-bond acceptors (Lipinski definition) is 2. The number of nitrogens with zero attached hydrogens (tertiary/aromatic N) is 3. The molecule has 2 aromatic heterocycles. The first-order valence-corrected chi connectivity index (χ1v) is 7.20. The van der Waals surface area contributed by atoms with Crippen molar-refractivity contribution in [2.45, 2.75) is 33.2 Å². The second kappa shape index (κ2) is 5.45. The molecule has 0 aliphatic rings. The van der Waals surface area contributed by atoms with E-state index in [0.717, 1.165) is 30.6 Å². The average Bonchev–Trinajstić information content (AvgIpc) is 2.90. The fourth-order valence-electron chi connectivity index (χ4n) is 2.57. The van der Waals surface area contributed by atoms with Crippen LogP contribution in [0.2, 0.25) is 0 Å². The van der Waals surface area contributed by atoms with E-state index < -0.39 is 0 Å². The number of hydrogen-bond donors (Lipinski definition) is 0. The van der Waals surface area contributed by atoms with Crippen molar-refractivity contribution in [2.75, 3.05) is 0 Å². The number of aromatic nitrogens is 3. The molecule has 0 amide bonds. The summed E-state index contributed by atoms with van der Waals surface area (Å²) in [6.45, 7) is 5.11. The second-order valence-corrected chi connectivity index (χ2v) is 4.98. The first-order chi connectivity index (χ1) is 9.81. The van der Waals surface area contributed by atoms with Gasteiger partial charge in [-0.15, -0.1) is 0 Å². The van der Waals surface area contributed by atoms with Gasteiger partial charge >= 0.3 is 0 Å². The van der Waals surface area contributed by atoms with Crippen LogP contribution in [0.3, 0.4) is 0 Å². The van der Waals surface area contributed by atoms with E-state index in [-0.39, 0.29) is 0 Å². The maximum Gasteiger partial charge on any atom is 0.0752 e. The summed E-state index contributed by atoms with van der Waals surface area (Å²) in [5.41, 5.74) is 4.75. The SMILES string of the molecule is CCc1cc(CC)n(Cc2cccc3cccnc23)n1. The summed E-state index contributed by atoms with van der Waals surface area (Å²) in [5.74, 6) is 0. The lowest BCUT2D eigenvalue weighted by Crippen LogP contribution is -2.06. The number of para-hydroxylation sites is 1. The van der Waals surface area contributed by atoms with Gasteiger partial charge in [-0.25, -0.2) is 0 Å².